The highest BCUT2D eigenvalue weighted by Crippen LogP contribution is 2.21. The summed E-state index contributed by atoms with van der Waals surface area (Å²) in [6, 6.07) is 7.80. The molecule has 90 valence electrons. The van der Waals surface area contributed by atoms with Crippen LogP contribution in [0, 0.1) is 0 Å². The molecule has 2 aromatic rings. The zero-order valence-electron chi connectivity index (χ0n) is 9.65. The van der Waals surface area contributed by atoms with Crippen LogP contribution in [-0.2, 0) is 11.3 Å². The third kappa shape index (κ3) is 2.61. The summed E-state index contributed by atoms with van der Waals surface area (Å²) in [5.74, 6) is 0.403. The lowest BCUT2D eigenvalue weighted by atomic mass is 10.1. The Labute approximate surface area is 105 Å². The maximum atomic E-state index is 11.6. The topological polar surface area (TPSA) is 33.5 Å². The molecule has 1 aromatic heterocycles. The molecule has 3 nitrogen and oxygen atoms in total. The van der Waals surface area contributed by atoms with E-state index in [4.69, 9.17) is 16.0 Å². The van der Waals surface area contributed by atoms with Gasteiger partial charge in [0.15, 0.2) is 0 Å². The second-order valence-corrected chi connectivity index (χ2v) is 4.32. The molecule has 0 unspecified atom stereocenters. The van der Waals surface area contributed by atoms with Gasteiger partial charge in [-0.3, -0.25) is 4.79 Å². The van der Waals surface area contributed by atoms with E-state index in [1.54, 1.807) is 18.2 Å². The van der Waals surface area contributed by atoms with E-state index < -0.39 is 0 Å². The van der Waals surface area contributed by atoms with Crippen LogP contribution in [0.2, 0.25) is 0 Å². The summed E-state index contributed by atoms with van der Waals surface area (Å²) in [6.45, 7) is 0.548. The molecule has 17 heavy (non-hydrogen) atoms. The van der Waals surface area contributed by atoms with Crippen molar-refractivity contribution < 1.29 is 9.21 Å². The molecule has 0 saturated heterocycles. The van der Waals surface area contributed by atoms with Crippen molar-refractivity contribution in [3.8, 4) is 0 Å². The number of alkyl halides is 1. The van der Waals surface area contributed by atoms with Gasteiger partial charge in [0.1, 0.15) is 5.58 Å². The Morgan fingerprint density at radius 3 is 2.94 bits per heavy atom. The molecule has 0 N–H and O–H groups in total. The molecule has 0 spiro atoms. The number of hydrogen-bond acceptors (Lipinski definition) is 2. The van der Waals surface area contributed by atoms with Crippen LogP contribution in [-0.4, -0.2) is 23.7 Å². The van der Waals surface area contributed by atoms with Gasteiger partial charge in [0.05, 0.1) is 6.26 Å². The normalized spacial score (nSPS) is 10.7. The number of halogens is 1. The Bertz CT molecular complexity index is 521. The lowest BCUT2D eigenvalue weighted by Crippen LogP contribution is -2.26. The van der Waals surface area contributed by atoms with Crippen molar-refractivity contribution in [1.29, 1.82) is 0 Å². The van der Waals surface area contributed by atoms with Gasteiger partial charge in [0, 0.05) is 36.8 Å². The highest BCUT2D eigenvalue weighted by atomic mass is 35.5. The summed E-state index contributed by atoms with van der Waals surface area (Å²) >= 11 is 5.55. The first-order chi connectivity index (χ1) is 8.22. The molecular weight excluding hydrogens is 238 g/mol. The number of amides is 1. The van der Waals surface area contributed by atoms with Gasteiger partial charge in [-0.25, -0.2) is 0 Å². The van der Waals surface area contributed by atoms with Crippen molar-refractivity contribution in [2.24, 2.45) is 0 Å². The highest BCUT2D eigenvalue weighted by Gasteiger charge is 2.11. The van der Waals surface area contributed by atoms with Crippen molar-refractivity contribution in [3.63, 3.8) is 0 Å². The molecule has 0 fully saturated rings. The van der Waals surface area contributed by atoms with Crippen molar-refractivity contribution in [2.75, 3.05) is 12.9 Å². The number of furan rings is 1. The average molecular weight is 252 g/mol. The fourth-order valence-corrected chi connectivity index (χ4v) is 1.93. The molecule has 0 aliphatic rings. The Morgan fingerprint density at radius 2 is 2.18 bits per heavy atom. The van der Waals surface area contributed by atoms with Crippen molar-refractivity contribution in [1.82, 2.24) is 4.90 Å². The summed E-state index contributed by atoms with van der Waals surface area (Å²) in [6.07, 6.45) is 2.07. The minimum absolute atomic E-state index is 0.0466. The standard InChI is InChI=1S/C13H14ClNO2/c1-15(13(16)6-7-14)8-10-9-17-12-5-3-2-4-11(10)12/h2-5,9H,6-8H2,1H3. The number of carbonyl (C=O) groups excluding carboxylic acids is 1. The first-order valence-electron chi connectivity index (χ1n) is 5.47. The number of hydrogen-bond donors (Lipinski definition) is 0. The number of carbonyl (C=O) groups is 1. The van der Waals surface area contributed by atoms with Gasteiger partial charge in [0.2, 0.25) is 5.91 Å². The first-order valence-corrected chi connectivity index (χ1v) is 6.01. The number of para-hydroxylation sites is 1. The minimum atomic E-state index is 0.0466. The molecule has 4 heteroatoms. The summed E-state index contributed by atoms with van der Waals surface area (Å²) < 4.78 is 5.43. The molecule has 1 heterocycles. The van der Waals surface area contributed by atoms with Crippen LogP contribution < -0.4 is 0 Å². The number of fused-ring (bicyclic) bond motifs is 1. The molecule has 0 aliphatic heterocycles. The molecule has 2 rings (SSSR count). The Balaban J connectivity index is 2.16. The predicted octanol–water partition coefficient (Wildman–Crippen LogP) is 3.02. The quantitative estimate of drug-likeness (QED) is 0.783. The summed E-state index contributed by atoms with van der Waals surface area (Å²) in [5.41, 5.74) is 1.87. The monoisotopic (exact) mass is 251 g/mol. The zero-order valence-corrected chi connectivity index (χ0v) is 10.4. The van der Waals surface area contributed by atoms with Gasteiger partial charge >= 0.3 is 0 Å². The fourth-order valence-electron chi connectivity index (χ4n) is 1.77. The lowest BCUT2D eigenvalue weighted by Gasteiger charge is -2.15. The van der Waals surface area contributed by atoms with Gasteiger partial charge in [-0.15, -0.1) is 11.6 Å². The van der Waals surface area contributed by atoms with E-state index >= 15 is 0 Å². The molecular formula is C13H14ClNO2. The van der Waals surface area contributed by atoms with E-state index in [0.29, 0.717) is 18.8 Å². The average Bonchev–Trinajstić information content (AvgIpc) is 2.73. The number of rotatable bonds is 4. The van der Waals surface area contributed by atoms with Crippen molar-refractivity contribution in [2.45, 2.75) is 13.0 Å². The summed E-state index contributed by atoms with van der Waals surface area (Å²) in [4.78, 5) is 13.3. The number of benzene rings is 1. The third-order valence-electron chi connectivity index (χ3n) is 2.70. The van der Waals surface area contributed by atoms with Gasteiger partial charge in [-0.1, -0.05) is 18.2 Å². The fraction of sp³-hybridized carbons (Fsp3) is 0.308. The Morgan fingerprint density at radius 1 is 1.41 bits per heavy atom. The van der Waals surface area contributed by atoms with E-state index in [2.05, 4.69) is 0 Å². The van der Waals surface area contributed by atoms with E-state index in [-0.39, 0.29) is 5.91 Å². The molecule has 0 atom stereocenters. The second kappa shape index (κ2) is 5.23. The van der Waals surface area contributed by atoms with Crippen molar-refractivity contribution in [3.05, 3.63) is 36.1 Å². The van der Waals surface area contributed by atoms with E-state index in [9.17, 15) is 4.79 Å². The third-order valence-corrected chi connectivity index (χ3v) is 2.89. The highest BCUT2D eigenvalue weighted by molar-refractivity contribution is 6.18. The molecule has 1 aromatic carbocycles. The largest absolute Gasteiger partial charge is 0.464 e. The van der Waals surface area contributed by atoms with Crippen LogP contribution >= 0.6 is 11.6 Å². The van der Waals surface area contributed by atoms with Crippen LogP contribution in [0.5, 0.6) is 0 Å². The first kappa shape index (κ1) is 12.0. The summed E-state index contributed by atoms with van der Waals surface area (Å²) in [5, 5.41) is 1.05. The zero-order chi connectivity index (χ0) is 12.3. The minimum Gasteiger partial charge on any atom is -0.464 e. The maximum Gasteiger partial charge on any atom is 0.223 e. The lowest BCUT2D eigenvalue weighted by molar-refractivity contribution is -0.129. The van der Waals surface area contributed by atoms with Crippen molar-refractivity contribution >= 4 is 28.5 Å². The Kier molecular flexibility index (Phi) is 3.69. The SMILES string of the molecule is CN(Cc1coc2ccccc12)C(=O)CCCl. The van der Waals surface area contributed by atoms with Crippen LogP contribution in [0.15, 0.2) is 34.9 Å². The number of nitrogens with zero attached hydrogens (tertiary/aromatic N) is 1. The van der Waals surface area contributed by atoms with Gasteiger partial charge in [-0.05, 0) is 6.07 Å². The van der Waals surface area contributed by atoms with Gasteiger partial charge in [-0.2, -0.15) is 0 Å². The smallest absolute Gasteiger partial charge is 0.223 e. The van der Waals surface area contributed by atoms with Crippen LogP contribution in [0.3, 0.4) is 0 Å². The van der Waals surface area contributed by atoms with E-state index in [0.717, 1.165) is 16.5 Å². The van der Waals surface area contributed by atoms with Gasteiger partial charge < -0.3 is 9.32 Å². The molecule has 0 radical (unpaired) electrons. The maximum absolute atomic E-state index is 11.6. The van der Waals surface area contributed by atoms with Gasteiger partial charge in [0.25, 0.3) is 0 Å². The second-order valence-electron chi connectivity index (χ2n) is 3.95. The van der Waals surface area contributed by atoms with E-state index in [1.807, 2.05) is 24.3 Å². The van der Waals surface area contributed by atoms with Crippen LogP contribution in [0.25, 0.3) is 11.0 Å². The predicted molar refractivity (Wildman–Crippen MR) is 68.0 cm³/mol. The molecule has 1 amide bonds. The molecule has 0 aliphatic carbocycles. The van der Waals surface area contributed by atoms with Crippen LogP contribution in [0.1, 0.15) is 12.0 Å². The summed E-state index contributed by atoms with van der Waals surface area (Å²) in [7, 11) is 1.77. The van der Waals surface area contributed by atoms with Crippen LogP contribution in [0.4, 0.5) is 0 Å². The van der Waals surface area contributed by atoms with E-state index in [1.165, 1.54) is 0 Å². The molecule has 0 saturated carbocycles. The molecule has 0 bridgehead atoms. The Hall–Kier alpha value is -1.48.